The molecule has 3 heteroatoms. The van der Waals surface area contributed by atoms with Gasteiger partial charge in [-0.1, -0.05) is 39.2 Å². The van der Waals surface area contributed by atoms with Crippen molar-refractivity contribution in [2.24, 2.45) is 40.4 Å². The molecule has 4 aliphatic carbocycles. The minimum atomic E-state index is -0.568. The summed E-state index contributed by atoms with van der Waals surface area (Å²) < 4.78 is 0. The lowest BCUT2D eigenvalue weighted by atomic mass is 9.46. The Bertz CT molecular complexity index is 703. The van der Waals surface area contributed by atoms with Crippen molar-refractivity contribution >= 4 is 5.78 Å². The first-order chi connectivity index (χ1) is 14.0. The van der Waals surface area contributed by atoms with Crippen molar-refractivity contribution in [2.45, 2.75) is 111 Å². The van der Waals surface area contributed by atoms with Crippen LogP contribution >= 0.6 is 0 Å². The molecule has 0 radical (unpaired) electrons. The van der Waals surface area contributed by atoms with Gasteiger partial charge in [-0.15, -0.1) is 0 Å². The molecule has 3 nitrogen and oxygen atoms in total. The van der Waals surface area contributed by atoms with E-state index in [1.165, 1.54) is 37.7 Å². The van der Waals surface area contributed by atoms with Crippen molar-refractivity contribution in [3.8, 4) is 0 Å². The van der Waals surface area contributed by atoms with Crippen molar-refractivity contribution in [1.29, 1.82) is 0 Å². The third-order valence-corrected chi connectivity index (χ3v) is 10.1. The second kappa shape index (κ2) is 7.73. The molecule has 0 saturated heterocycles. The minimum absolute atomic E-state index is 0.121. The molecule has 2 N–H and O–H groups in total. The zero-order valence-corrected chi connectivity index (χ0v) is 19.9. The number of aliphatic hydroxyl groups is 2. The van der Waals surface area contributed by atoms with Crippen molar-refractivity contribution in [3.63, 3.8) is 0 Å². The van der Waals surface area contributed by atoms with Crippen LogP contribution in [-0.2, 0) is 4.79 Å². The lowest BCUT2D eigenvalue weighted by Gasteiger charge is -2.57. The van der Waals surface area contributed by atoms with E-state index < -0.39 is 5.60 Å². The van der Waals surface area contributed by atoms with Gasteiger partial charge in [-0.2, -0.15) is 0 Å². The van der Waals surface area contributed by atoms with E-state index in [2.05, 4.69) is 20.8 Å². The first-order valence-corrected chi connectivity index (χ1v) is 12.6. The highest BCUT2D eigenvalue weighted by Crippen LogP contribution is 2.66. The average Bonchev–Trinajstić information content (AvgIpc) is 2.99. The maximum Gasteiger partial charge on any atom is 0.159 e. The lowest BCUT2D eigenvalue weighted by molar-refractivity contribution is -0.135. The van der Waals surface area contributed by atoms with Crippen LogP contribution in [0.15, 0.2) is 11.6 Å². The molecule has 3 fully saturated rings. The molecule has 4 rings (SSSR count). The Morgan fingerprint density at radius 2 is 1.87 bits per heavy atom. The highest BCUT2D eigenvalue weighted by molar-refractivity contribution is 5.94. The molecule has 0 aliphatic heterocycles. The number of hydrogen-bond acceptors (Lipinski definition) is 3. The summed E-state index contributed by atoms with van der Waals surface area (Å²) in [5.41, 5.74) is 1.07. The molecule has 0 heterocycles. The van der Waals surface area contributed by atoms with E-state index in [0.29, 0.717) is 35.9 Å². The minimum Gasteiger partial charge on any atom is -0.393 e. The maximum atomic E-state index is 13.4. The highest BCUT2D eigenvalue weighted by Gasteiger charge is 2.61. The first kappa shape index (κ1) is 22.5. The van der Waals surface area contributed by atoms with Crippen molar-refractivity contribution in [1.82, 2.24) is 0 Å². The van der Waals surface area contributed by atoms with Gasteiger partial charge in [0.25, 0.3) is 0 Å². The van der Waals surface area contributed by atoms with Crippen LogP contribution in [0.3, 0.4) is 0 Å². The molecule has 3 saturated carbocycles. The second-order valence-electron chi connectivity index (χ2n) is 12.5. The van der Waals surface area contributed by atoms with E-state index in [1.54, 1.807) is 0 Å². The summed E-state index contributed by atoms with van der Waals surface area (Å²) in [6, 6.07) is 0. The van der Waals surface area contributed by atoms with Gasteiger partial charge < -0.3 is 10.2 Å². The monoisotopic (exact) mass is 416 g/mol. The van der Waals surface area contributed by atoms with Crippen LogP contribution in [0.25, 0.3) is 0 Å². The molecule has 0 bridgehead atoms. The molecule has 0 aromatic rings. The van der Waals surface area contributed by atoms with Gasteiger partial charge in [-0.3, -0.25) is 4.79 Å². The summed E-state index contributed by atoms with van der Waals surface area (Å²) in [5.74, 6) is 2.91. The standard InChI is InChI=1S/C27H44O3/c1-17(7-6-12-25(2,3)30)20-8-9-21-24-22(11-14-27(20,21)5)26(4)13-10-19(28)15-18(26)16-23(24)29/h16-17,19-22,24,28,30H,6-15H2,1-5H3/t17?,19-,20?,21?,22?,24?,26?,27?/m0/s1. The first-order valence-electron chi connectivity index (χ1n) is 12.6. The number of aliphatic hydroxyl groups excluding tert-OH is 1. The molecule has 7 unspecified atom stereocenters. The second-order valence-corrected chi connectivity index (χ2v) is 12.5. The van der Waals surface area contributed by atoms with Crippen LogP contribution in [0, 0.1) is 40.4 Å². The third-order valence-electron chi connectivity index (χ3n) is 10.1. The summed E-state index contributed by atoms with van der Waals surface area (Å²) >= 11 is 0. The number of hydrogen-bond donors (Lipinski definition) is 2. The summed E-state index contributed by atoms with van der Waals surface area (Å²) in [5, 5.41) is 20.3. The smallest absolute Gasteiger partial charge is 0.159 e. The Kier molecular flexibility index (Phi) is 5.80. The van der Waals surface area contributed by atoms with E-state index in [0.717, 1.165) is 25.7 Å². The summed E-state index contributed by atoms with van der Waals surface area (Å²) in [6.45, 7) is 11.1. The third kappa shape index (κ3) is 3.72. The molecule has 0 spiro atoms. The van der Waals surface area contributed by atoms with Gasteiger partial charge in [0.15, 0.2) is 5.78 Å². The topological polar surface area (TPSA) is 57.5 Å². The van der Waals surface area contributed by atoms with Gasteiger partial charge in [0.1, 0.15) is 0 Å². The van der Waals surface area contributed by atoms with E-state index in [9.17, 15) is 15.0 Å². The highest BCUT2D eigenvalue weighted by atomic mass is 16.3. The van der Waals surface area contributed by atoms with Crippen molar-refractivity contribution in [2.75, 3.05) is 0 Å². The van der Waals surface area contributed by atoms with Crippen LogP contribution in [0.4, 0.5) is 0 Å². The Balaban J connectivity index is 1.52. The van der Waals surface area contributed by atoms with Gasteiger partial charge in [-0.05, 0) is 106 Å². The SMILES string of the molecule is CC(CCCC(C)(C)O)C1CCC2C3C(=O)C=C4C[C@@H](O)CCC4(C)C3CCC12C. The van der Waals surface area contributed by atoms with Gasteiger partial charge >= 0.3 is 0 Å². The molecule has 0 aromatic carbocycles. The Hall–Kier alpha value is -0.670. The van der Waals surface area contributed by atoms with Crippen LogP contribution in [0.1, 0.15) is 98.8 Å². The van der Waals surface area contributed by atoms with E-state index in [4.69, 9.17) is 0 Å². The maximum absolute atomic E-state index is 13.4. The quantitative estimate of drug-likeness (QED) is 0.606. The molecular weight excluding hydrogens is 372 g/mol. The lowest BCUT2D eigenvalue weighted by Crippen LogP contribution is -2.53. The van der Waals surface area contributed by atoms with E-state index in [1.807, 2.05) is 19.9 Å². The van der Waals surface area contributed by atoms with Gasteiger partial charge in [0.05, 0.1) is 11.7 Å². The molecule has 170 valence electrons. The fraction of sp³-hybridized carbons (Fsp3) is 0.889. The number of rotatable bonds is 5. The fourth-order valence-electron chi connectivity index (χ4n) is 8.42. The fourth-order valence-corrected chi connectivity index (χ4v) is 8.42. The number of carbonyl (C=O) groups is 1. The largest absolute Gasteiger partial charge is 0.393 e. The number of carbonyl (C=O) groups excluding carboxylic acids is 1. The molecular formula is C27H44O3. The van der Waals surface area contributed by atoms with Crippen LogP contribution in [-0.4, -0.2) is 27.7 Å². The normalized spacial score (nSPS) is 44.7. The zero-order valence-electron chi connectivity index (χ0n) is 19.9. The number of allylic oxidation sites excluding steroid dienone is 1. The van der Waals surface area contributed by atoms with Crippen LogP contribution < -0.4 is 0 Å². The zero-order chi connectivity index (χ0) is 21.9. The summed E-state index contributed by atoms with van der Waals surface area (Å²) in [4.78, 5) is 13.4. The Labute approximate surface area is 183 Å². The molecule has 8 atom stereocenters. The van der Waals surface area contributed by atoms with Crippen LogP contribution in [0.5, 0.6) is 0 Å². The Morgan fingerprint density at radius 1 is 1.13 bits per heavy atom. The number of ketones is 1. The number of fused-ring (bicyclic) bond motifs is 5. The Morgan fingerprint density at radius 3 is 2.57 bits per heavy atom. The van der Waals surface area contributed by atoms with Gasteiger partial charge in [0.2, 0.25) is 0 Å². The summed E-state index contributed by atoms with van der Waals surface area (Å²) in [6.07, 6.45) is 12.3. The molecule has 4 aliphatic rings. The van der Waals surface area contributed by atoms with Crippen LogP contribution in [0.2, 0.25) is 0 Å². The van der Waals surface area contributed by atoms with Gasteiger partial charge in [-0.25, -0.2) is 0 Å². The average molecular weight is 417 g/mol. The predicted octanol–water partition coefficient (Wildman–Crippen LogP) is 5.68. The van der Waals surface area contributed by atoms with Crippen molar-refractivity contribution < 1.29 is 15.0 Å². The summed E-state index contributed by atoms with van der Waals surface area (Å²) in [7, 11) is 0. The predicted molar refractivity (Wildman–Crippen MR) is 121 cm³/mol. The molecule has 0 amide bonds. The van der Waals surface area contributed by atoms with E-state index >= 15 is 0 Å². The molecule has 30 heavy (non-hydrogen) atoms. The van der Waals surface area contributed by atoms with E-state index in [-0.39, 0.29) is 22.9 Å². The van der Waals surface area contributed by atoms with Gasteiger partial charge in [0, 0.05) is 5.92 Å². The molecule has 0 aromatic heterocycles. The van der Waals surface area contributed by atoms with Crippen molar-refractivity contribution in [3.05, 3.63) is 11.6 Å².